The summed E-state index contributed by atoms with van der Waals surface area (Å²) in [7, 11) is 3.56. The molecular weight excluding hydrogens is 501 g/mol. The van der Waals surface area contributed by atoms with Crippen LogP contribution in [0.15, 0.2) is 59.7 Å². The Morgan fingerprint density at radius 2 is 2.00 bits per heavy atom. The Morgan fingerprint density at radius 1 is 1.19 bits per heavy atom. The minimum atomic E-state index is 0. The highest BCUT2D eigenvalue weighted by atomic mass is 127. The predicted molar refractivity (Wildman–Crippen MR) is 140 cm³/mol. The zero-order valence-electron chi connectivity index (χ0n) is 18.2. The van der Waals surface area contributed by atoms with E-state index < -0.39 is 0 Å². The number of guanidine groups is 1. The van der Waals surface area contributed by atoms with Gasteiger partial charge in [0.15, 0.2) is 5.96 Å². The van der Waals surface area contributed by atoms with E-state index in [9.17, 15) is 0 Å². The first-order valence-corrected chi connectivity index (χ1v) is 10.7. The predicted octanol–water partition coefficient (Wildman–Crippen LogP) is 4.17. The van der Waals surface area contributed by atoms with Crippen LogP contribution in [0.2, 0.25) is 0 Å². The molecule has 31 heavy (non-hydrogen) atoms. The summed E-state index contributed by atoms with van der Waals surface area (Å²) in [5.74, 6) is 1.80. The Morgan fingerprint density at radius 3 is 2.84 bits per heavy atom. The van der Waals surface area contributed by atoms with Gasteiger partial charge in [-0.2, -0.15) is 0 Å². The highest BCUT2D eigenvalue weighted by molar-refractivity contribution is 14.0. The SMILES string of the molecule is CN=C(NCCCc1c[nH]c2ccccc12)NC1CCN(c2ccccc2OC)C1.I. The Hall–Kier alpha value is -2.42. The molecule has 4 rings (SSSR count). The van der Waals surface area contributed by atoms with Crippen LogP contribution < -0.4 is 20.3 Å². The molecule has 1 aliphatic heterocycles. The van der Waals surface area contributed by atoms with Gasteiger partial charge in [0.05, 0.1) is 12.8 Å². The smallest absolute Gasteiger partial charge is 0.191 e. The maximum atomic E-state index is 5.52. The topological polar surface area (TPSA) is 64.7 Å². The van der Waals surface area contributed by atoms with Crippen molar-refractivity contribution in [1.82, 2.24) is 15.6 Å². The molecule has 0 saturated carbocycles. The molecule has 1 unspecified atom stereocenters. The van der Waals surface area contributed by atoms with Gasteiger partial charge in [-0.3, -0.25) is 4.99 Å². The fourth-order valence-corrected chi connectivity index (χ4v) is 4.20. The number of aromatic amines is 1. The molecule has 0 aliphatic carbocycles. The third kappa shape index (κ3) is 5.64. The highest BCUT2D eigenvalue weighted by Gasteiger charge is 2.25. The summed E-state index contributed by atoms with van der Waals surface area (Å²) >= 11 is 0. The lowest BCUT2D eigenvalue weighted by Crippen LogP contribution is -2.44. The number of H-pyrrole nitrogens is 1. The van der Waals surface area contributed by atoms with E-state index in [0.717, 1.165) is 56.3 Å². The Balaban J connectivity index is 0.00000272. The van der Waals surface area contributed by atoms with Gasteiger partial charge in [0.2, 0.25) is 0 Å². The van der Waals surface area contributed by atoms with Gasteiger partial charge in [0, 0.05) is 49.8 Å². The fourth-order valence-electron chi connectivity index (χ4n) is 4.20. The monoisotopic (exact) mass is 533 g/mol. The van der Waals surface area contributed by atoms with Gasteiger partial charge in [0.25, 0.3) is 0 Å². The van der Waals surface area contributed by atoms with Crippen LogP contribution in [0.1, 0.15) is 18.4 Å². The molecule has 6 nitrogen and oxygen atoms in total. The number of methoxy groups -OCH3 is 1. The number of aromatic nitrogens is 1. The number of hydrogen-bond acceptors (Lipinski definition) is 3. The fraction of sp³-hybridized carbons (Fsp3) is 0.375. The lowest BCUT2D eigenvalue weighted by Gasteiger charge is -2.22. The number of aliphatic imine (C=N–C) groups is 1. The van der Waals surface area contributed by atoms with E-state index in [2.05, 4.69) is 68.1 Å². The third-order valence-electron chi connectivity index (χ3n) is 5.77. The first kappa shape index (κ1) is 23.2. The van der Waals surface area contributed by atoms with E-state index in [1.54, 1.807) is 7.11 Å². The van der Waals surface area contributed by atoms with Gasteiger partial charge in [-0.1, -0.05) is 30.3 Å². The van der Waals surface area contributed by atoms with Crippen LogP contribution in [0.4, 0.5) is 5.69 Å². The second kappa shape index (κ2) is 11.3. The number of benzene rings is 2. The molecule has 1 atom stereocenters. The minimum absolute atomic E-state index is 0. The van der Waals surface area contributed by atoms with Crippen molar-refractivity contribution in [3.05, 3.63) is 60.3 Å². The third-order valence-corrected chi connectivity index (χ3v) is 5.77. The maximum Gasteiger partial charge on any atom is 0.191 e. The average Bonchev–Trinajstić information content (AvgIpc) is 3.43. The van der Waals surface area contributed by atoms with Gasteiger partial charge in [-0.15, -0.1) is 24.0 Å². The largest absolute Gasteiger partial charge is 0.495 e. The molecule has 3 aromatic rings. The Labute approximate surface area is 201 Å². The van der Waals surface area contributed by atoms with Crippen molar-refractivity contribution >= 4 is 46.5 Å². The molecule has 166 valence electrons. The maximum absolute atomic E-state index is 5.52. The second-order valence-electron chi connectivity index (χ2n) is 7.71. The number of nitrogens with one attached hydrogen (secondary N) is 3. The summed E-state index contributed by atoms with van der Waals surface area (Å²) in [6.07, 6.45) is 5.30. The molecule has 0 radical (unpaired) electrons. The zero-order valence-corrected chi connectivity index (χ0v) is 20.6. The summed E-state index contributed by atoms with van der Waals surface area (Å²) in [6, 6.07) is 17.1. The first-order valence-electron chi connectivity index (χ1n) is 10.7. The van der Waals surface area contributed by atoms with Crippen LogP contribution in [0.5, 0.6) is 5.75 Å². The lowest BCUT2D eigenvalue weighted by atomic mass is 10.1. The lowest BCUT2D eigenvalue weighted by molar-refractivity contribution is 0.415. The van der Waals surface area contributed by atoms with Crippen molar-refractivity contribution in [1.29, 1.82) is 0 Å². The minimum Gasteiger partial charge on any atom is -0.495 e. The molecule has 3 N–H and O–H groups in total. The molecule has 0 bridgehead atoms. The van der Waals surface area contributed by atoms with Crippen molar-refractivity contribution in [2.24, 2.45) is 4.99 Å². The molecule has 1 saturated heterocycles. The number of anilines is 1. The van der Waals surface area contributed by atoms with Crippen molar-refractivity contribution in [2.75, 3.05) is 38.7 Å². The van der Waals surface area contributed by atoms with Crippen molar-refractivity contribution < 1.29 is 4.74 Å². The summed E-state index contributed by atoms with van der Waals surface area (Å²) in [5, 5.41) is 8.37. The molecule has 2 heterocycles. The molecule has 1 fully saturated rings. The van der Waals surface area contributed by atoms with Crippen molar-refractivity contribution in [3.8, 4) is 5.75 Å². The summed E-state index contributed by atoms with van der Waals surface area (Å²) in [5.41, 5.74) is 3.74. The molecule has 2 aromatic carbocycles. The number of fused-ring (bicyclic) bond motifs is 1. The summed E-state index contributed by atoms with van der Waals surface area (Å²) in [6.45, 7) is 2.84. The van der Waals surface area contributed by atoms with E-state index in [1.807, 2.05) is 19.2 Å². The molecular formula is C24H32IN5O. The molecule has 1 aromatic heterocycles. The number of aryl methyl sites for hydroxylation is 1. The van der Waals surface area contributed by atoms with E-state index in [1.165, 1.54) is 16.5 Å². The van der Waals surface area contributed by atoms with Crippen molar-refractivity contribution in [3.63, 3.8) is 0 Å². The normalized spacial score (nSPS) is 16.3. The van der Waals surface area contributed by atoms with Gasteiger partial charge in [-0.25, -0.2) is 0 Å². The number of ether oxygens (including phenoxy) is 1. The molecule has 0 spiro atoms. The van der Waals surface area contributed by atoms with E-state index in [0.29, 0.717) is 6.04 Å². The van der Waals surface area contributed by atoms with E-state index >= 15 is 0 Å². The number of rotatable bonds is 7. The number of hydrogen-bond donors (Lipinski definition) is 3. The van der Waals surface area contributed by atoms with Gasteiger partial charge < -0.3 is 25.3 Å². The zero-order chi connectivity index (χ0) is 20.8. The molecule has 1 aliphatic rings. The van der Waals surface area contributed by atoms with Crippen LogP contribution in [0, 0.1) is 0 Å². The van der Waals surface area contributed by atoms with Gasteiger partial charge >= 0.3 is 0 Å². The van der Waals surface area contributed by atoms with Gasteiger partial charge in [-0.05, 0) is 43.0 Å². The van der Waals surface area contributed by atoms with E-state index in [-0.39, 0.29) is 24.0 Å². The first-order chi connectivity index (χ1) is 14.8. The van der Waals surface area contributed by atoms with Crippen LogP contribution in [-0.4, -0.2) is 50.8 Å². The average molecular weight is 533 g/mol. The summed E-state index contributed by atoms with van der Waals surface area (Å²) in [4.78, 5) is 10.1. The summed E-state index contributed by atoms with van der Waals surface area (Å²) < 4.78 is 5.52. The quantitative estimate of drug-likeness (QED) is 0.185. The van der Waals surface area contributed by atoms with Crippen LogP contribution >= 0.6 is 24.0 Å². The van der Waals surface area contributed by atoms with Crippen LogP contribution in [0.25, 0.3) is 10.9 Å². The van der Waals surface area contributed by atoms with Crippen molar-refractivity contribution in [2.45, 2.75) is 25.3 Å². The standard InChI is InChI=1S/C24H31N5O.HI/c1-25-24(26-14-7-8-18-16-27-21-10-4-3-9-20(18)21)28-19-13-15-29(17-19)22-11-5-6-12-23(22)30-2;/h3-6,9-12,16,19,27H,7-8,13-15,17H2,1-2H3,(H2,25,26,28);1H. The number of halogens is 1. The Bertz CT molecular complexity index is 1000. The van der Waals surface area contributed by atoms with Crippen LogP contribution in [-0.2, 0) is 6.42 Å². The van der Waals surface area contributed by atoms with Crippen LogP contribution in [0.3, 0.4) is 0 Å². The highest BCUT2D eigenvalue weighted by Crippen LogP contribution is 2.30. The Kier molecular flexibility index (Phi) is 8.45. The van der Waals surface area contributed by atoms with E-state index in [4.69, 9.17) is 4.74 Å². The van der Waals surface area contributed by atoms with Gasteiger partial charge in [0.1, 0.15) is 5.75 Å². The second-order valence-corrected chi connectivity index (χ2v) is 7.71. The number of nitrogens with zero attached hydrogens (tertiary/aromatic N) is 2. The number of para-hydroxylation sites is 3. The molecule has 0 amide bonds. The molecule has 7 heteroatoms.